The maximum absolute atomic E-state index is 12.0. The predicted molar refractivity (Wildman–Crippen MR) is 68.1 cm³/mol. The maximum atomic E-state index is 12.0. The van der Waals surface area contributed by atoms with Crippen LogP contribution in [0.4, 0.5) is 0 Å². The average Bonchev–Trinajstić information content (AvgIpc) is 2.84. The number of aromatic nitrogens is 3. The van der Waals surface area contributed by atoms with Crippen LogP contribution in [0.15, 0.2) is 29.6 Å². The fourth-order valence-corrected chi connectivity index (χ4v) is 2.50. The number of methoxy groups -OCH3 is 1. The van der Waals surface area contributed by atoms with Gasteiger partial charge in [-0.3, -0.25) is 0 Å². The molecule has 7 nitrogen and oxygen atoms in total. The first-order valence-electron chi connectivity index (χ1n) is 5.52. The number of aryl methyl sites for hydroxylation is 1. The minimum atomic E-state index is -3.61. The van der Waals surface area contributed by atoms with Crippen LogP contribution in [0.3, 0.4) is 0 Å². The van der Waals surface area contributed by atoms with Gasteiger partial charge in [0.1, 0.15) is 5.82 Å². The average molecular weight is 282 g/mol. The highest BCUT2D eigenvalue weighted by Gasteiger charge is 2.17. The van der Waals surface area contributed by atoms with Crippen LogP contribution in [0, 0.1) is 6.92 Å². The largest absolute Gasteiger partial charge is 0.481 e. The van der Waals surface area contributed by atoms with Gasteiger partial charge in [-0.25, -0.2) is 23.1 Å². The Morgan fingerprint density at radius 2 is 2.21 bits per heavy atom. The SMILES string of the molecule is COc1ncccc1CNS(=O)(=O)c1cnc(C)[nH]1. The van der Waals surface area contributed by atoms with E-state index < -0.39 is 10.0 Å². The molecule has 19 heavy (non-hydrogen) atoms. The fraction of sp³-hybridized carbons (Fsp3) is 0.273. The van der Waals surface area contributed by atoms with E-state index >= 15 is 0 Å². The molecule has 0 aliphatic rings. The zero-order chi connectivity index (χ0) is 13.9. The molecule has 2 N–H and O–H groups in total. The molecule has 8 heteroatoms. The third-order valence-electron chi connectivity index (χ3n) is 2.47. The molecule has 2 aromatic heterocycles. The van der Waals surface area contributed by atoms with Gasteiger partial charge < -0.3 is 9.72 Å². The number of rotatable bonds is 5. The van der Waals surface area contributed by atoms with Crippen LogP contribution < -0.4 is 9.46 Å². The van der Waals surface area contributed by atoms with Crippen molar-refractivity contribution in [3.63, 3.8) is 0 Å². The lowest BCUT2D eigenvalue weighted by molar-refractivity contribution is 0.392. The molecule has 0 saturated carbocycles. The molecule has 0 radical (unpaired) electrons. The summed E-state index contributed by atoms with van der Waals surface area (Å²) in [4.78, 5) is 10.5. The minimum Gasteiger partial charge on any atom is -0.481 e. The van der Waals surface area contributed by atoms with Gasteiger partial charge in [-0.05, 0) is 13.0 Å². The first-order chi connectivity index (χ1) is 9.03. The van der Waals surface area contributed by atoms with Crippen LogP contribution in [0.1, 0.15) is 11.4 Å². The van der Waals surface area contributed by atoms with Gasteiger partial charge in [0.15, 0.2) is 5.03 Å². The molecule has 2 heterocycles. The maximum Gasteiger partial charge on any atom is 0.257 e. The van der Waals surface area contributed by atoms with Crippen molar-refractivity contribution in [1.29, 1.82) is 0 Å². The second-order valence-electron chi connectivity index (χ2n) is 3.83. The summed E-state index contributed by atoms with van der Waals surface area (Å²) in [7, 11) is -2.13. The lowest BCUT2D eigenvalue weighted by Crippen LogP contribution is -2.24. The van der Waals surface area contributed by atoms with Crippen molar-refractivity contribution in [2.75, 3.05) is 7.11 Å². The van der Waals surface area contributed by atoms with Crippen molar-refractivity contribution in [3.05, 3.63) is 35.9 Å². The zero-order valence-corrected chi connectivity index (χ0v) is 11.4. The third-order valence-corrected chi connectivity index (χ3v) is 3.78. The van der Waals surface area contributed by atoms with E-state index in [2.05, 4.69) is 19.7 Å². The van der Waals surface area contributed by atoms with Crippen molar-refractivity contribution in [2.24, 2.45) is 0 Å². The number of H-pyrrole nitrogens is 1. The van der Waals surface area contributed by atoms with E-state index in [1.165, 1.54) is 13.3 Å². The van der Waals surface area contributed by atoms with Gasteiger partial charge in [0.25, 0.3) is 10.0 Å². The van der Waals surface area contributed by atoms with Crippen molar-refractivity contribution < 1.29 is 13.2 Å². The Hall–Kier alpha value is -1.93. The van der Waals surface area contributed by atoms with Gasteiger partial charge in [0.05, 0.1) is 13.3 Å². The summed E-state index contributed by atoms with van der Waals surface area (Å²) in [5, 5.41) is 0.0351. The Kier molecular flexibility index (Phi) is 3.82. The lowest BCUT2D eigenvalue weighted by atomic mass is 10.3. The first-order valence-corrected chi connectivity index (χ1v) is 7.00. The molecule has 0 bridgehead atoms. The third kappa shape index (κ3) is 3.09. The van der Waals surface area contributed by atoms with E-state index in [9.17, 15) is 8.42 Å². The second-order valence-corrected chi connectivity index (χ2v) is 5.56. The van der Waals surface area contributed by atoms with Crippen LogP contribution in [0.2, 0.25) is 0 Å². The highest BCUT2D eigenvalue weighted by molar-refractivity contribution is 7.89. The van der Waals surface area contributed by atoms with Gasteiger partial charge in [0, 0.05) is 18.3 Å². The van der Waals surface area contributed by atoms with Crippen LogP contribution in [0.5, 0.6) is 5.88 Å². The van der Waals surface area contributed by atoms with Gasteiger partial charge in [-0.1, -0.05) is 6.07 Å². The van der Waals surface area contributed by atoms with Crippen LogP contribution in [-0.2, 0) is 16.6 Å². The van der Waals surface area contributed by atoms with E-state index in [0.717, 1.165) is 0 Å². The van der Waals surface area contributed by atoms with Gasteiger partial charge in [-0.15, -0.1) is 0 Å². The van der Waals surface area contributed by atoms with Crippen molar-refractivity contribution in [3.8, 4) is 5.88 Å². The van der Waals surface area contributed by atoms with Gasteiger partial charge in [-0.2, -0.15) is 0 Å². The normalized spacial score (nSPS) is 11.5. The molecule has 0 aromatic carbocycles. The summed E-state index contributed by atoms with van der Waals surface area (Å²) < 4.78 is 31.5. The summed E-state index contributed by atoms with van der Waals surface area (Å²) in [5.74, 6) is 0.935. The highest BCUT2D eigenvalue weighted by Crippen LogP contribution is 2.14. The molecule has 2 aromatic rings. The Bertz CT molecular complexity index is 666. The Labute approximate surface area is 111 Å². The summed E-state index contributed by atoms with van der Waals surface area (Å²) in [6.45, 7) is 1.78. The number of sulfonamides is 1. The standard InChI is InChI=1S/C11H14N4O3S/c1-8-13-7-10(15-8)19(16,17)14-6-9-4-3-5-12-11(9)18-2/h3-5,7,14H,6H2,1-2H3,(H,13,15). The molecular weight excluding hydrogens is 268 g/mol. The Morgan fingerprint density at radius 1 is 1.42 bits per heavy atom. The molecule has 0 aliphatic heterocycles. The van der Waals surface area contributed by atoms with E-state index in [1.807, 2.05) is 0 Å². The molecule has 0 saturated heterocycles. The molecule has 0 spiro atoms. The zero-order valence-electron chi connectivity index (χ0n) is 10.5. The van der Waals surface area contributed by atoms with E-state index in [1.54, 1.807) is 25.3 Å². The van der Waals surface area contributed by atoms with Crippen LogP contribution >= 0.6 is 0 Å². The molecule has 0 fully saturated rings. The molecule has 0 amide bonds. The predicted octanol–water partition coefficient (Wildman–Crippen LogP) is 0.600. The summed E-state index contributed by atoms with van der Waals surface area (Å²) >= 11 is 0. The van der Waals surface area contributed by atoms with Crippen LogP contribution in [0.25, 0.3) is 0 Å². The van der Waals surface area contributed by atoms with Crippen LogP contribution in [-0.4, -0.2) is 30.5 Å². The number of hydrogen-bond acceptors (Lipinski definition) is 5. The first kappa shape index (κ1) is 13.5. The second kappa shape index (κ2) is 5.37. The molecule has 0 unspecified atom stereocenters. The molecule has 102 valence electrons. The van der Waals surface area contributed by atoms with Crippen molar-refractivity contribution in [2.45, 2.75) is 18.5 Å². The summed E-state index contributed by atoms with van der Waals surface area (Å²) in [6, 6.07) is 3.46. The summed E-state index contributed by atoms with van der Waals surface area (Å²) in [5.41, 5.74) is 0.657. The topological polar surface area (TPSA) is 97.0 Å². The number of aromatic amines is 1. The molecular formula is C11H14N4O3S. The smallest absolute Gasteiger partial charge is 0.257 e. The number of hydrogen-bond donors (Lipinski definition) is 2. The number of nitrogens with zero attached hydrogens (tertiary/aromatic N) is 2. The highest BCUT2D eigenvalue weighted by atomic mass is 32.2. The van der Waals surface area contributed by atoms with E-state index in [-0.39, 0.29) is 11.6 Å². The van der Waals surface area contributed by atoms with Gasteiger partial charge in [0.2, 0.25) is 5.88 Å². The Morgan fingerprint density at radius 3 is 2.84 bits per heavy atom. The number of ether oxygens (including phenoxy) is 1. The molecule has 0 aliphatic carbocycles. The quantitative estimate of drug-likeness (QED) is 0.837. The number of nitrogens with one attached hydrogen (secondary N) is 2. The van der Waals surface area contributed by atoms with Crippen molar-refractivity contribution in [1.82, 2.24) is 19.7 Å². The number of imidazole rings is 1. The Balaban J connectivity index is 2.14. The van der Waals surface area contributed by atoms with Gasteiger partial charge >= 0.3 is 0 Å². The van der Waals surface area contributed by atoms with E-state index in [4.69, 9.17) is 4.74 Å². The summed E-state index contributed by atoms with van der Waals surface area (Å²) in [6.07, 6.45) is 2.85. The van der Waals surface area contributed by atoms with E-state index in [0.29, 0.717) is 17.3 Å². The van der Waals surface area contributed by atoms with Crippen molar-refractivity contribution >= 4 is 10.0 Å². The molecule has 0 atom stereocenters. The monoisotopic (exact) mass is 282 g/mol. The fourth-order valence-electron chi connectivity index (χ4n) is 1.53. The minimum absolute atomic E-state index is 0.0351. The molecule has 2 rings (SSSR count). The number of pyridine rings is 1. The lowest BCUT2D eigenvalue weighted by Gasteiger charge is -2.08.